The third kappa shape index (κ3) is 3.13. The summed E-state index contributed by atoms with van der Waals surface area (Å²) < 4.78 is 0. The second-order valence-electron chi connectivity index (χ2n) is 1.86. The first-order valence-electron chi connectivity index (χ1n) is 2.67. The molecule has 1 aliphatic rings. The van der Waals surface area contributed by atoms with Crippen LogP contribution < -0.4 is 5.73 Å². The lowest BCUT2D eigenvalue weighted by atomic mass is 10.4. The van der Waals surface area contributed by atoms with Gasteiger partial charge in [0.1, 0.15) is 0 Å². The number of carbonyl (C=O) groups excluding carboxylic acids is 1. The standard InChI is InChI=1S/C5H9N2O.2ClH/c6-5(8)7-3-1-2-4-7;;/h1H,2-4H2,(H2,6,8);2*1H. The maximum atomic E-state index is 10.3. The smallest absolute Gasteiger partial charge is 0.314 e. The fraction of sp³-hybridized carbons (Fsp3) is 0.600. The van der Waals surface area contributed by atoms with E-state index in [1.54, 1.807) is 4.90 Å². The number of carbonyl (C=O) groups is 1. The number of likely N-dealkylation sites (tertiary alicyclic amines) is 1. The molecule has 0 bridgehead atoms. The van der Waals surface area contributed by atoms with E-state index in [-0.39, 0.29) is 30.8 Å². The Labute approximate surface area is 72.8 Å². The summed E-state index contributed by atoms with van der Waals surface area (Å²) in [4.78, 5) is 11.9. The van der Waals surface area contributed by atoms with Crippen LogP contribution >= 0.6 is 24.8 Å². The van der Waals surface area contributed by atoms with Gasteiger partial charge in [0.05, 0.1) is 0 Å². The van der Waals surface area contributed by atoms with Crippen LogP contribution in [-0.4, -0.2) is 24.0 Å². The summed E-state index contributed by atoms with van der Waals surface area (Å²) in [7, 11) is 0. The van der Waals surface area contributed by atoms with E-state index >= 15 is 0 Å². The molecule has 5 heteroatoms. The molecule has 0 aromatic rings. The van der Waals surface area contributed by atoms with Crippen molar-refractivity contribution in [1.29, 1.82) is 0 Å². The van der Waals surface area contributed by atoms with Crippen LogP contribution in [0.4, 0.5) is 4.79 Å². The molecule has 0 spiro atoms. The van der Waals surface area contributed by atoms with Gasteiger partial charge in [0.2, 0.25) is 0 Å². The number of hydrogen-bond acceptors (Lipinski definition) is 1. The number of halogens is 2. The second-order valence-corrected chi connectivity index (χ2v) is 1.86. The van der Waals surface area contributed by atoms with Gasteiger partial charge in [0.15, 0.2) is 0 Å². The Kier molecular flexibility index (Phi) is 7.04. The summed E-state index contributed by atoms with van der Waals surface area (Å²) in [6, 6.07) is -0.307. The first kappa shape index (κ1) is 12.5. The highest BCUT2D eigenvalue weighted by molar-refractivity contribution is 5.85. The molecule has 0 unspecified atom stereocenters. The summed E-state index contributed by atoms with van der Waals surface area (Å²) in [5, 5.41) is 0. The number of amides is 2. The van der Waals surface area contributed by atoms with Gasteiger partial charge in [0, 0.05) is 13.1 Å². The molecule has 0 aromatic carbocycles. The van der Waals surface area contributed by atoms with Gasteiger partial charge < -0.3 is 10.6 Å². The maximum Gasteiger partial charge on any atom is 0.314 e. The van der Waals surface area contributed by atoms with Gasteiger partial charge in [-0.25, -0.2) is 4.79 Å². The largest absolute Gasteiger partial charge is 0.351 e. The molecule has 2 amide bonds. The van der Waals surface area contributed by atoms with Crippen molar-refractivity contribution in [3.8, 4) is 0 Å². The number of nitrogens with two attached hydrogens (primary N) is 1. The van der Waals surface area contributed by atoms with E-state index in [0.717, 1.165) is 19.5 Å². The molecule has 1 fully saturated rings. The third-order valence-corrected chi connectivity index (χ3v) is 1.26. The van der Waals surface area contributed by atoms with Crippen LogP contribution in [-0.2, 0) is 0 Å². The van der Waals surface area contributed by atoms with Gasteiger partial charge in [-0.2, -0.15) is 0 Å². The molecule has 1 saturated heterocycles. The predicted molar refractivity (Wildman–Crippen MR) is 44.6 cm³/mol. The minimum atomic E-state index is -0.307. The summed E-state index contributed by atoms with van der Waals surface area (Å²) >= 11 is 0. The first-order chi connectivity index (χ1) is 3.80. The lowest BCUT2D eigenvalue weighted by Crippen LogP contribution is -2.32. The molecule has 1 heterocycles. The number of rotatable bonds is 0. The fourth-order valence-electron chi connectivity index (χ4n) is 0.786. The van der Waals surface area contributed by atoms with E-state index in [9.17, 15) is 4.79 Å². The van der Waals surface area contributed by atoms with Crippen molar-refractivity contribution in [2.45, 2.75) is 6.42 Å². The molecule has 1 rings (SSSR count). The molecule has 2 N–H and O–H groups in total. The molecular formula is C5H11Cl2N2O. The van der Waals surface area contributed by atoms with Crippen molar-refractivity contribution >= 4 is 30.8 Å². The number of nitrogens with zero attached hydrogens (tertiary/aromatic N) is 1. The first-order valence-corrected chi connectivity index (χ1v) is 2.67. The zero-order valence-electron chi connectivity index (χ0n) is 5.45. The predicted octanol–water partition coefficient (Wildman–Crippen LogP) is 0.819. The molecule has 3 nitrogen and oxygen atoms in total. The Morgan fingerprint density at radius 2 is 2.10 bits per heavy atom. The van der Waals surface area contributed by atoms with E-state index in [0.29, 0.717) is 0 Å². The van der Waals surface area contributed by atoms with Crippen molar-refractivity contribution in [2.75, 3.05) is 13.1 Å². The van der Waals surface area contributed by atoms with Crippen molar-refractivity contribution in [3.05, 3.63) is 6.42 Å². The zero-order chi connectivity index (χ0) is 5.98. The third-order valence-electron chi connectivity index (χ3n) is 1.26. The van der Waals surface area contributed by atoms with E-state index in [4.69, 9.17) is 5.73 Å². The monoisotopic (exact) mass is 185 g/mol. The van der Waals surface area contributed by atoms with Crippen molar-refractivity contribution in [3.63, 3.8) is 0 Å². The summed E-state index contributed by atoms with van der Waals surface area (Å²) in [5.41, 5.74) is 4.96. The summed E-state index contributed by atoms with van der Waals surface area (Å²) in [6.45, 7) is 1.53. The highest BCUT2D eigenvalue weighted by Gasteiger charge is 2.13. The van der Waals surface area contributed by atoms with Gasteiger partial charge >= 0.3 is 6.03 Å². The second kappa shape index (κ2) is 5.62. The molecule has 0 atom stereocenters. The Morgan fingerprint density at radius 3 is 2.30 bits per heavy atom. The van der Waals surface area contributed by atoms with E-state index in [1.807, 2.05) is 6.42 Å². The van der Waals surface area contributed by atoms with Gasteiger partial charge in [0.25, 0.3) is 0 Å². The molecule has 61 valence electrons. The van der Waals surface area contributed by atoms with Crippen LogP contribution in [0.15, 0.2) is 0 Å². The normalized spacial score (nSPS) is 15.4. The van der Waals surface area contributed by atoms with Crippen molar-refractivity contribution < 1.29 is 4.79 Å². The Balaban J connectivity index is 0. The highest BCUT2D eigenvalue weighted by atomic mass is 35.5. The Morgan fingerprint density at radius 1 is 1.50 bits per heavy atom. The van der Waals surface area contributed by atoms with Gasteiger partial charge in [-0.1, -0.05) is 0 Å². The van der Waals surface area contributed by atoms with Crippen LogP contribution in [0.25, 0.3) is 0 Å². The minimum Gasteiger partial charge on any atom is -0.351 e. The lowest BCUT2D eigenvalue weighted by molar-refractivity contribution is 0.219. The maximum absolute atomic E-state index is 10.3. The van der Waals surface area contributed by atoms with Crippen LogP contribution in [0.3, 0.4) is 0 Å². The van der Waals surface area contributed by atoms with E-state index < -0.39 is 0 Å². The molecular weight excluding hydrogens is 175 g/mol. The van der Waals surface area contributed by atoms with Gasteiger partial charge in [-0.3, -0.25) is 0 Å². The topological polar surface area (TPSA) is 46.3 Å². The molecule has 0 aliphatic carbocycles. The zero-order valence-corrected chi connectivity index (χ0v) is 7.08. The van der Waals surface area contributed by atoms with Crippen molar-refractivity contribution in [1.82, 2.24) is 4.90 Å². The summed E-state index contributed by atoms with van der Waals surface area (Å²) in [5.74, 6) is 0. The molecule has 10 heavy (non-hydrogen) atoms. The minimum absolute atomic E-state index is 0. The van der Waals surface area contributed by atoms with Crippen LogP contribution in [0.1, 0.15) is 6.42 Å². The van der Waals surface area contributed by atoms with Crippen molar-refractivity contribution in [2.24, 2.45) is 5.73 Å². The average Bonchev–Trinajstić information content (AvgIpc) is 2.12. The quantitative estimate of drug-likeness (QED) is 0.598. The molecule has 1 aliphatic heterocycles. The Bertz CT molecular complexity index is 104. The molecule has 1 radical (unpaired) electrons. The van der Waals surface area contributed by atoms with E-state index in [1.165, 1.54) is 0 Å². The number of urea groups is 1. The SMILES string of the molecule is Cl.Cl.NC(=O)N1C[CH]CC1. The van der Waals surface area contributed by atoms with Crippen LogP contribution in [0.5, 0.6) is 0 Å². The molecule has 0 saturated carbocycles. The van der Waals surface area contributed by atoms with E-state index in [2.05, 4.69) is 0 Å². The van der Waals surface area contributed by atoms with Gasteiger partial charge in [-0.05, 0) is 12.8 Å². The van der Waals surface area contributed by atoms with Crippen LogP contribution in [0, 0.1) is 6.42 Å². The number of primary amides is 1. The van der Waals surface area contributed by atoms with Gasteiger partial charge in [-0.15, -0.1) is 24.8 Å². The fourth-order valence-corrected chi connectivity index (χ4v) is 0.786. The molecule has 0 aromatic heterocycles. The number of hydrogen-bond donors (Lipinski definition) is 1. The lowest BCUT2D eigenvalue weighted by Gasteiger charge is -2.09. The summed E-state index contributed by atoms with van der Waals surface area (Å²) in [6.07, 6.45) is 3.04. The Hall–Kier alpha value is -0.150. The average molecular weight is 186 g/mol. The highest BCUT2D eigenvalue weighted by Crippen LogP contribution is 2.03. The van der Waals surface area contributed by atoms with Crippen LogP contribution in [0.2, 0.25) is 0 Å².